The highest BCUT2D eigenvalue weighted by atomic mass is 15.3. The maximum atomic E-state index is 4.39. The standard InChI is InChI=1S/C14H20N4/c1-4-9-18-14(16-10-17-18)13(15-3)12-7-5-11(2)6-8-12/h5-8,10,13,15H,4,9H2,1-3H3. The third-order valence-electron chi connectivity index (χ3n) is 3.04. The molecule has 1 unspecified atom stereocenters. The van der Waals surface area contributed by atoms with Crippen LogP contribution in [0.2, 0.25) is 0 Å². The lowest BCUT2D eigenvalue weighted by molar-refractivity contribution is 0.525. The first-order valence-corrected chi connectivity index (χ1v) is 6.37. The lowest BCUT2D eigenvalue weighted by Gasteiger charge is -2.17. The molecule has 0 saturated carbocycles. The van der Waals surface area contributed by atoms with Gasteiger partial charge >= 0.3 is 0 Å². The van der Waals surface area contributed by atoms with Crippen LogP contribution in [0.3, 0.4) is 0 Å². The first-order valence-electron chi connectivity index (χ1n) is 6.37. The maximum Gasteiger partial charge on any atom is 0.148 e. The summed E-state index contributed by atoms with van der Waals surface area (Å²) in [6.45, 7) is 5.14. The molecule has 0 radical (unpaired) electrons. The van der Waals surface area contributed by atoms with E-state index in [9.17, 15) is 0 Å². The predicted octanol–water partition coefficient (Wildman–Crippen LogP) is 2.31. The van der Waals surface area contributed by atoms with Crippen molar-refractivity contribution in [1.82, 2.24) is 20.1 Å². The number of aryl methyl sites for hydroxylation is 2. The van der Waals surface area contributed by atoms with Crippen LogP contribution in [0.4, 0.5) is 0 Å². The molecule has 0 saturated heterocycles. The largest absolute Gasteiger partial charge is 0.307 e. The third kappa shape index (κ3) is 2.59. The topological polar surface area (TPSA) is 42.7 Å². The Bertz CT molecular complexity index is 487. The fourth-order valence-electron chi connectivity index (χ4n) is 2.08. The molecule has 1 aromatic carbocycles. The van der Waals surface area contributed by atoms with Gasteiger partial charge in [0.2, 0.25) is 0 Å². The highest BCUT2D eigenvalue weighted by Crippen LogP contribution is 2.20. The van der Waals surface area contributed by atoms with Gasteiger partial charge in [-0.25, -0.2) is 9.67 Å². The molecule has 1 heterocycles. The molecule has 96 valence electrons. The average Bonchev–Trinajstić information content (AvgIpc) is 2.82. The molecular formula is C14H20N4. The van der Waals surface area contributed by atoms with Gasteiger partial charge in [0.05, 0.1) is 6.04 Å². The Hall–Kier alpha value is -1.68. The summed E-state index contributed by atoms with van der Waals surface area (Å²) in [5.41, 5.74) is 2.48. The zero-order chi connectivity index (χ0) is 13.0. The van der Waals surface area contributed by atoms with Crippen LogP contribution in [0, 0.1) is 6.92 Å². The lowest BCUT2D eigenvalue weighted by Crippen LogP contribution is -2.22. The molecule has 2 aromatic rings. The van der Waals surface area contributed by atoms with E-state index in [2.05, 4.69) is 53.5 Å². The molecule has 1 aromatic heterocycles. The summed E-state index contributed by atoms with van der Waals surface area (Å²) in [6, 6.07) is 8.63. The van der Waals surface area contributed by atoms with Gasteiger partial charge in [-0.1, -0.05) is 36.8 Å². The van der Waals surface area contributed by atoms with E-state index in [4.69, 9.17) is 0 Å². The number of rotatable bonds is 5. The molecule has 0 aliphatic carbocycles. The Morgan fingerprint density at radius 1 is 1.28 bits per heavy atom. The van der Waals surface area contributed by atoms with Crippen molar-refractivity contribution in [2.75, 3.05) is 7.05 Å². The minimum Gasteiger partial charge on any atom is -0.307 e. The van der Waals surface area contributed by atoms with Crippen LogP contribution < -0.4 is 5.32 Å². The molecule has 0 bridgehead atoms. The molecule has 4 heteroatoms. The number of hydrogen-bond acceptors (Lipinski definition) is 3. The van der Waals surface area contributed by atoms with Crippen molar-refractivity contribution in [3.05, 3.63) is 47.5 Å². The Morgan fingerprint density at radius 3 is 2.61 bits per heavy atom. The van der Waals surface area contributed by atoms with Crippen LogP contribution >= 0.6 is 0 Å². The van der Waals surface area contributed by atoms with Crippen LogP contribution in [-0.2, 0) is 6.54 Å². The maximum absolute atomic E-state index is 4.39. The van der Waals surface area contributed by atoms with Gasteiger partial charge in [0.25, 0.3) is 0 Å². The summed E-state index contributed by atoms with van der Waals surface area (Å²) in [7, 11) is 1.95. The van der Waals surface area contributed by atoms with E-state index in [0.29, 0.717) is 0 Å². The van der Waals surface area contributed by atoms with Gasteiger partial charge in [-0.05, 0) is 26.0 Å². The third-order valence-corrected chi connectivity index (χ3v) is 3.04. The normalized spacial score (nSPS) is 12.6. The average molecular weight is 244 g/mol. The number of nitrogens with one attached hydrogen (secondary N) is 1. The predicted molar refractivity (Wildman–Crippen MR) is 72.4 cm³/mol. The fraction of sp³-hybridized carbons (Fsp3) is 0.429. The molecule has 0 amide bonds. The smallest absolute Gasteiger partial charge is 0.148 e. The number of hydrogen-bond donors (Lipinski definition) is 1. The summed E-state index contributed by atoms with van der Waals surface area (Å²) < 4.78 is 1.97. The molecule has 0 aliphatic heterocycles. The molecular weight excluding hydrogens is 224 g/mol. The lowest BCUT2D eigenvalue weighted by atomic mass is 10.0. The molecule has 18 heavy (non-hydrogen) atoms. The van der Waals surface area contributed by atoms with Gasteiger partial charge in [0, 0.05) is 6.54 Å². The van der Waals surface area contributed by atoms with E-state index in [1.165, 1.54) is 11.1 Å². The summed E-state index contributed by atoms with van der Waals surface area (Å²) >= 11 is 0. The second kappa shape index (κ2) is 5.78. The van der Waals surface area contributed by atoms with Crippen molar-refractivity contribution in [2.45, 2.75) is 32.9 Å². The minimum absolute atomic E-state index is 0.0969. The van der Waals surface area contributed by atoms with Gasteiger partial charge in [-0.15, -0.1) is 0 Å². The Kier molecular flexibility index (Phi) is 4.10. The van der Waals surface area contributed by atoms with Gasteiger partial charge < -0.3 is 5.32 Å². The molecule has 4 nitrogen and oxygen atoms in total. The molecule has 0 fully saturated rings. The Balaban J connectivity index is 2.32. The van der Waals surface area contributed by atoms with E-state index in [1.54, 1.807) is 6.33 Å². The molecule has 1 atom stereocenters. The van der Waals surface area contributed by atoms with Gasteiger partial charge in [0.15, 0.2) is 0 Å². The van der Waals surface area contributed by atoms with Crippen molar-refractivity contribution in [2.24, 2.45) is 0 Å². The monoisotopic (exact) mass is 244 g/mol. The summed E-state index contributed by atoms with van der Waals surface area (Å²) in [5, 5.41) is 7.60. The fourth-order valence-corrected chi connectivity index (χ4v) is 2.08. The summed E-state index contributed by atoms with van der Waals surface area (Å²) in [4.78, 5) is 4.39. The second-order valence-corrected chi connectivity index (χ2v) is 4.47. The zero-order valence-electron chi connectivity index (χ0n) is 11.2. The number of aromatic nitrogens is 3. The first kappa shape index (κ1) is 12.8. The molecule has 0 spiro atoms. The van der Waals surface area contributed by atoms with Crippen molar-refractivity contribution < 1.29 is 0 Å². The van der Waals surface area contributed by atoms with Crippen LogP contribution in [-0.4, -0.2) is 21.8 Å². The van der Waals surface area contributed by atoms with Gasteiger partial charge in [-0.2, -0.15) is 5.10 Å². The van der Waals surface area contributed by atoms with E-state index < -0.39 is 0 Å². The van der Waals surface area contributed by atoms with Crippen molar-refractivity contribution >= 4 is 0 Å². The van der Waals surface area contributed by atoms with E-state index in [-0.39, 0.29) is 6.04 Å². The van der Waals surface area contributed by atoms with Gasteiger partial charge in [0.1, 0.15) is 12.2 Å². The van der Waals surface area contributed by atoms with Crippen molar-refractivity contribution in [3.8, 4) is 0 Å². The first-order chi connectivity index (χ1) is 8.76. The number of nitrogens with zero attached hydrogens (tertiary/aromatic N) is 3. The summed E-state index contributed by atoms with van der Waals surface area (Å²) in [5.74, 6) is 0.975. The van der Waals surface area contributed by atoms with E-state index >= 15 is 0 Å². The van der Waals surface area contributed by atoms with Crippen LogP contribution in [0.25, 0.3) is 0 Å². The zero-order valence-corrected chi connectivity index (χ0v) is 11.2. The molecule has 1 N–H and O–H groups in total. The van der Waals surface area contributed by atoms with Crippen LogP contribution in [0.1, 0.15) is 36.3 Å². The van der Waals surface area contributed by atoms with Gasteiger partial charge in [-0.3, -0.25) is 0 Å². The van der Waals surface area contributed by atoms with Crippen LogP contribution in [0.5, 0.6) is 0 Å². The summed E-state index contributed by atoms with van der Waals surface area (Å²) in [6.07, 6.45) is 2.68. The Labute approximate surface area is 108 Å². The Morgan fingerprint density at radius 2 is 2.00 bits per heavy atom. The second-order valence-electron chi connectivity index (χ2n) is 4.47. The minimum atomic E-state index is 0.0969. The van der Waals surface area contributed by atoms with Crippen molar-refractivity contribution in [1.29, 1.82) is 0 Å². The highest BCUT2D eigenvalue weighted by molar-refractivity contribution is 5.28. The van der Waals surface area contributed by atoms with E-state index in [0.717, 1.165) is 18.8 Å². The quantitative estimate of drug-likeness (QED) is 0.877. The SMILES string of the molecule is CCCn1ncnc1C(NC)c1ccc(C)cc1. The van der Waals surface area contributed by atoms with Crippen molar-refractivity contribution in [3.63, 3.8) is 0 Å². The molecule has 0 aliphatic rings. The van der Waals surface area contributed by atoms with E-state index in [1.807, 2.05) is 11.7 Å². The van der Waals surface area contributed by atoms with Crippen LogP contribution in [0.15, 0.2) is 30.6 Å². The highest BCUT2D eigenvalue weighted by Gasteiger charge is 2.17. The number of benzene rings is 1. The molecule has 2 rings (SSSR count).